The molecule has 0 aliphatic heterocycles. The van der Waals surface area contributed by atoms with E-state index in [0.29, 0.717) is 28.5 Å². The van der Waals surface area contributed by atoms with Crippen LogP contribution in [0.3, 0.4) is 0 Å². The standard InChI is InChI=1S/C17H20N2O4S/c1-10-9-12(16(18)21)17(24-10)19-14(20)8-7-11-5-4-6-13(22-2)15(11)23-3/h4-6,9H,7-8H2,1-3H3,(H2,18,21)(H,19,20). The lowest BCUT2D eigenvalue weighted by atomic mass is 10.1. The Hall–Kier alpha value is -2.54. The zero-order chi connectivity index (χ0) is 17.7. The first-order valence-corrected chi connectivity index (χ1v) is 8.17. The van der Waals surface area contributed by atoms with Gasteiger partial charge in [0.25, 0.3) is 5.91 Å². The van der Waals surface area contributed by atoms with E-state index in [1.54, 1.807) is 26.4 Å². The van der Waals surface area contributed by atoms with Crippen LogP contribution >= 0.6 is 11.3 Å². The van der Waals surface area contributed by atoms with Crippen molar-refractivity contribution in [3.63, 3.8) is 0 Å². The van der Waals surface area contributed by atoms with Gasteiger partial charge in [-0.1, -0.05) is 12.1 Å². The number of ether oxygens (including phenoxy) is 2. The van der Waals surface area contributed by atoms with Crippen molar-refractivity contribution in [2.45, 2.75) is 19.8 Å². The maximum Gasteiger partial charge on any atom is 0.251 e. The molecular formula is C17H20N2O4S. The lowest BCUT2D eigenvalue weighted by Crippen LogP contribution is -2.16. The number of nitrogens with one attached hydrogen (secondary N) is 1. The molecule has 24 heavy (non-hydrogen) atoms. The van der Waals surface area contributed by atoms with Crippen LogP contribution in [0.1, 0.15) is 27.2 Å². The van der Waals surface area contributed by atoms with Crippen molar-refractivity contribution in [2.24, 2.45) is 5.73 Å². The fourth-order valence-corrected chi connectivity index (χ4v) is 3.31. The molecule has 0 saturated carbocycles. The van der Waals surface area contributed by atoms with E-state index < -0.39 is 5.91 Å². The minimum atomic E-state index is -0.552. The molecule has 2 rings (SSSR count). The van der Waals surface area contributed by atoms with Gasteiger partial charge >= 0.3 is 0 Å². The summed E-state index contributed by atoms with van der Waals surface area (Å²) in [4.78, 5) is 24.5. The second-order valence-corrected chi connectivity index (χ2v) is 6.42. The molecule has 2 aromatic rings. The molecule has 0 atom stereocenters. The van der Waals surface area contributed by atoms with E-state index in [2.05, 4.69) is 5.32 Å². The molecule has 0 aliphatic carbocycles. The summed E-state index contributed by atoms with van der Waals surface area (Å²) >= 11 is 1.33. The maximum absolute atomic E-state index is 12.2. The number of rotatable bonds is 7. The van der Waals surface area contributed by atoms with Crippen LogP contribution in [0.5, 0.6) is 11.5 Å². The van der Waals surface area contributed by atoms with Gasteiger partial charge in [0.1, 0.15) is 5.00 Å². The average molecular weight is 348 g/mol. The largest absolute Gasteiger partial charge is 0.493 e. The molecule has 0 aliphatic rings. The number of carbonyl (C=O) groups excluding carboxylic acids is 2. The van der Waals surface area contributed by atoms with Crippen molar-refractivity contribution in [2.75, 3.05) is 19.5 Å². The molecule has 0 bridgehead atoms. The second kappa shape index (κ2) is 7.83. The summed E-state index contributed by atoms with van der Waals surface area (Å²) < 4.78 is 10.6. The van der Waals surface area contributed by atoms with Crippen LogP contribution in [0, 0.1) is 6.92 Å². The van der Waals surface area contributed by atoms with Gasteiger partial charge in [0.15, 0.2) is 11.5 Å². The molecule has 0 radical (unpaired) electrons. The molecule has 0 saturated heterocycles. The third kappa shape index (κ3) is 4.05. The van der Waals surface area contributed by atoms with Crippen molar-refractivity contribution in [3.05, 3.63) is 40.3 Å². The number of nitrogens with two attached hydrogens (primary N) is 1. The summed E-state index contributed by atoms with van der Waals surface area (Å²) in [7, 11) is 3.13. The maximum atomic E-state index is 12.2. The van der Waals surface area contributed by atoms with Crippen molar-refractivity contribution < 1.29 is 19.1 Å². The van der Waals surface area contributed by atoms with E-state index in [-0.39, 0.29) is 12.3 Å². The minimum absolute atomic E-state index is 0.191. The summed E-state index contributed by atoms with van der Waals surface area (Å²) in [6.45, 7) is 1.86. The number of anilines is 1. The molecule has 6 nitrogen and oxygen atoms in total. The van der Waals surface area contributed by atoms with E-state index >= 15 is 0 Å². The van der Waals surface area contributed by atoms with Gasteiger partial charge in [-0.2, -0.15) is 0 Å². The van der Waals surface area contributed by atoms with Crippen LogP contribution in [0.4, 0.5) is 5.00 Å². The Bertz CT molecular complexity index is 755. The van der Waals surface area contributed by atoms with Gasteiger partial charge in [-0.3, -0.25) is 9.59 Å². The Kier molecular flexibility index (Phi) is 5.81. The summed E-state index contributed by atoms with van der Waals surface area (Å²) in [5, 5.41) is 3.24. The van der Waals surface area contributed by atoms with Crippen molar-refractivity contribution in [1.82, 2.24) is 0 Å². The zero-order valence-corrected chi connectivity index (χ0v) is 14.7. The van der Waals surface area contributed by atoms with Gasteiger partial charge in [0.05, 0.1) is 19.8 Å². The highest BCUT2D eigenvalue weighted by atomic mass is 32.1. The minimum Gasteiger partial charge on any atom is -0.493 e. The Morgan fingerprint density at radius 3 is 2.62 bits per heavy atom. The number of hydrogen-bond donors (Lipinski definition) is 2. The highest BCUT2D eigenvalue weighted by molar-refractivity contribution is 7.16. The number of benzene rings is 1. The van der Waals surface area contributed by atoms with E-state index in [0.717, 1.165) is 10.4 Å². The zero-order valence-electron chi connectivity index (χ0n) is 13.8. The Labute approximate surface area is 144 Å². The van der Waals surface area contributed by atoms with E-state index in [1.807, 2.05) is 19.1 Å². The number of methoxy groups -OCH3 is 2. The fraction of sp³-hybridized carbons (Fsp3) is 0.294. The van der Waals surface area contributed by atoms with Crippen LogP contribution in [-0.2, 0) is 11.2 Å². The van der Waals surface area contributed by atoms with E-state index in [1.165, 1.54) is 11.3 Å². The molecule has 0 spiro atoms. The van der Waals surface area contributed by atoms with Crippen LogP contribution < -0.4 is 20.5 Å². The van der Waals surface area contributed by atoms with Crippen molar-refractivity contribution in [1.29, 1.82) is 0 Å². The monoisotopic (exact) mass is 348 g/mol. The van der Waals surface area contributed by atoms with Crippen LogP contribution in [0.2, 0.25) is 0 Å². The lowest BCUT2D eigenvalue weighted by Gasteiger charge is -2.12. The van der Waals surface area contributed by atoms with Gasteiger partial charge in [-0.15, -0.1) is 11.3 Å². The van der Waals surface area contributed by atoms with Crippen molar-refractivity contribution >= 4 is 28.2 Å². The van der Waals surface area contributed by atoms with E-state index in [4.69, 9.17) is 15.2 Å². The van der Waals surface area contributed by atoms with Gasteiger partial charge in [-0.05, 0) is 31.0 Å². The first kappa shape index (κ1) is 17.8. The molecule has 128 valence electrons. The summed E-state index contributed by atoms with van der Waals surface area (Å²) in [5.74, 6) is 0.506. The fourth-order valence-electron chi connectivity index (χ4n) is 2.38. The summed E-state index contributed by atoms with van der Waals surface area (Å²) in [5.41, 5.74) is 6.54. The number of para-hydroxylation sites is 1. The molecule has 1 aromatic carbocycles. The van der Waals surface area contributed by atoms with E-state index in [9.17, 15) is 9.59 Å². The third-order valence-corrected chi connectivity index (χ3v) is 4.45. The van der Waals surface area contributed by atoms with Crippen molar-refractivity contribution in [3.8, 4) is 11.5 Å². The van der Waals surface area contributed by atoms with Crippen LogP contribution in [-0.4, -0.2) is 26.0 Å². The highest BCUT2D eigenvalue weighted by Gasteiger charge is 2.16. The normalized spacial score (nSPS) is 10.3. The van der Waals surface area contributed by atoms with Gasteiger partial charge in [0.2, 0.25) is 5.91 Å². The second-order valence-electron chi connectivity index (χ2n) is 5.16. The Balaban J connectivity index is 2.06. The average Bonchev–Trinajstić information content (AvgIpc) is 2.92. The van der Waals surface area contributed by atoms with Gasteiger partial charge in [-0.25, -0.2) is 0 Å². The molecular weight excluding hydrogens is 328 g/mol. The number of hydrogen-bond acceptors (Lipinski definition) is 5. The molecule has 1 aromatic heterocycles. The number of primary amides is 1. The Morgan fingerprint density at radius 1 is 1.25 bits per heavy atom. The molecule has 7 heteroatoms. The molecule has 3 N–H and O–H groups in total. The molecule has 0 fully saturated rings. The lowest BCUT2D eigenvalue weighted by molar-refractivity contribution is -0.116. The highest BCUT2D eigenvalue weighted by Crippen LogP contribution is 2.32. The predicted octanol–water partition coefficient (Wildman–Crippen LogP) is 2.74. The Morgan fingerprint density at radius 2 is 2.00 bits per heavy atom. The first-order chi connectivity index (χ1) is 11.5. The number of thiophene rings is 1. The predicted molar refractivity (Wildman–Crippen MR) is 94.1 cm³/mol. The van der Waals surface area contributed by atoms with Gasteiger partial charge in [0, 0.05) is 11.3 Å². The smallest absolute Gasteiger partial charge is 0.251 e. The SMILES string of the molecule is COc1cccc(CCC(=O)Nc2sc(C)cc2C(N)=O)c1OC. The quantitative estimate of drug-likeness (QED) is 0.805. The van der Waals surface area contributed by atoms with Gasteiger partial charge < -0.3 is 20.5 Å². The third-order valence-electron chi connectivity index (χ3n) is 3.48. The van der Waals surface area contributed by atoms with Crippen LogP contribution in [0.25, 0.3) is 0 Å². The molecule has 0 unspecified atom stereocenters. The topological polar surface area (TPSA) is 90.6 Å². The van der Waals surface area contributed by atoms with Crippen LogP contribution in [0.15, 0.2) is 24.3 Å². The summed E-state index contributed by atoms with van der Waals surface area (Å²) in [6, 6.07) is 7.21. The number of aryl methyl sites for hydroxylation is 2. The first-order valence-electron chi connectivity index (χ1n) is 7.36. The number of carbonyl (C=O) groups is 2. The summed E-state index contributed by atoms with van der Waals surface area (Å²) in [6.07, 6.45) is 0.737. The molecule has 1 heterocycles. The molecule has 2 amide bonds. The number of amides is 2.